The zero-order chi connectivity index (χ0) is 23.6. The van der Waals surface area contributed by atoms with Crippen LogP contribution in [-0.4, -0.2) is 38.1 Å². The minimum atomic E-state index is -4.82. The second kappa shape index (κ2) is 9.34. The highest BCUT2D eigenvalue weighted by atomic mass is 32.2. The average Bonchev–Trinajstić information content (AvgIpc) is 3.23. The van der Waals surface area contributed by atoms with E-state index in [-0.39, 0.29) is 4.90 Å². The third kappa shape index (κ3) is 5.86. The maximum atomic E-state index is 13.0. The molecule has 0 N–H and O–H groups in total. The molecule has 3 aromatic rings. The molecule has 1 aliphatic rings. The summed E-state index contributed by atoms with van der Waals surface area (Å²) in [5, 5.41) is 2.32. The van der Waals surface area contributed by atoms with Gasteiger partial charge in [-0.25, -0.2) is 13.4 Å². The minimum absolute atomic E-state index is 0.00473. The van der Waals surface area contributed by atoms with Crippen molar-refractivity contribution >= 4 is 26.3 Å². The molecule has 1 aliphatic heterocycles. The van der Waals surface area contributed by atoms with Crippen molar-refractivity contribution in [1.29, 1.82) is 0 Å². The SMILES string of the molecule is Cc1ccc(Cc2csc(N3CCC(S(=O)(=O)c4ccc(OC(F)(F)F)cc4)CC3)n2)cc1. The van der Waals surface area contributed by atoms with Gasteiger partial charge < -0.3 is 9.64 Å². The number of piperidine rings is 1. The fourth-order valence-electron chi connectivity index (χ4n) is 3.82. The van der Waals surface area contributed by atoms with Crippen molar-refractivity contribution in [2.75, 3.05) is 18.0 Å². The van der Waals surface area contributed by atoms with Gasteiger partial charge in [0.15, 0.2) is 15.0 Å². The quantitative estimate of drug-likeness (QED) is 0.458. The van der Waals surface area contributed by atoms with E-state index in [1.807, 2.05) is 12.3 Å². The van der Waals surface area contributed by atoms with E-state index in [0.717, 1.165) is 29.4 Å². The molecule has 2 heterocycles. The molecule has 0 aliphatic carbocycles. The molecule has 5 nitrogen and oxygen atoms in total. The van der Waals surface area contributed by atoms with Gasteiger partial charge in [0, 0.05) is 24.9 Å². The Balaban J connectivity index is 1.36. The third-order valence-electron chi connectivity index (χ3n) is 5.58. The lowest BCUT2D eigenvalue weighted by Gasteiger charge is -2.31. The van der Waals surface area contributed by atoms with Crippen molar-refractivity contribution in [1.82, 2.24) is 4.98 Å². The lowest BCUT2D eigenvalue weighted by molar-refractivity contribution is -0.274. The van der Waals surface area contributed by atoms with Crippen molar-refractivity contribution in [3.8, 4) is 5.75 Å². The lowest BCUT2D eigenvalue weighted by atomic mass is 10.1. The van der Waals surface area contributed by atoms with Gasteiger partial charge in [-0.3, -0.25) is 0 Å². The Hall–Kier alpha value is -2.59. The molecule has 0 radical (unpaired) electrons. The van der Waals surface area contributed by atoms with Crippen molar-refractivity contribution in [2.24, 2.45) is 0 Å². The summed E-state index contributed by atoms with van der Waals surface area (Å²) in [6.45, 7) is 3.15. The van der Waals surface area contributed by atoms with E-state index in [9.17, 15) is 21.6 Å². The molecule has 176 valence electrons. The van der Waals surface area contributed by atoms with Crippen molar-refractivity contribution in [2.45, 2.75) is 42.7 Å². The van der Waals surface area contributed by atoms with Gasteiger partial charge in [0.25, 0.3) is 0 Å². The molecular weight excluding hydrogens is 473 g/mol. The highest BCUT2D eigenvalue weighted by molar-refractivity contribution is 7.92. The Morgan fingerprint density at radius 3 is 2.30 bits per heavy atom. The zero-order valence-electron chi connectivity index (χ0n) is 17.9. The van der Waals surface area contributed by atoms with Crippen LogP contribution in [-0.2, 0) is 16.3 Å². The number of rotatable bonds is 6. The van der Waals surface area contributed by atoms with E-state index >= 15 is 0 Å². The maximum Gasteiger partial charge on any atom is 0.573 e. The van der Waals surface area contributed by atoms with Gasteiger partial charge in [0.1, 0.15) is 5.75 Å². The molecule has 4 rings (SSSR count). The Morgan fingerprint density at radius 1 is 1.06 bits per heavy atom. The Bertz CT molecular complexity index is 1180. The van der Waals surface area contributed by atoms with Gasteiger partial charge >= 0.3 is 6.36 Å². The number of aromatic nitrogens is 1. The van der Waals surface area contributed by atoms with Crippen molar-refractivity contribution in [3.63, 3.8) is 0 Å². The van der Waals surface area contributed by atoms with Crippen LogP contribution in [0.4, 0.5) is 18.3 Å². The second-order valence-electron chi connectivity index (χ2n) is 8.03. The van der Waals surface area contributed by atoms with E-state index < -0.39 is 27.2 Å². The monoisotopic (exact) mass is 496 g/mol. The van der Waals surface area contributed by atoms with Crippen LogP contribution in [0, 0.1) is 6.92 Å². The number of alkyl halides is 3. The number of thiazole rings is 1. The highest BCUT2D eigenvalue weighted by Gasteiger charge is 2.33. The largest absolute Gasteiger partial charge is 0.573 e. The fraction of sp³-hybridized carbons (Fsp3) is 0.348. The molecule has 0 amide bonds. The molecule has 0 saturated carbocycles. The van der Waals surface area contributed by atoms with Gasteiger partial charge in [-0.15, -0.1) is 24.5 Å². The number of ether oxygens (including phenoxy) is 1. The average molecular weight is 497 g/mol. The van der Waals surface area contributed by atoms with Crippen molar-refractivity contribution in [3.05, 3.63) is 70.7 Å². The summed E-state index contributed by atoms with van der Waals surface area (Å²) in [6.07, 6.45) is -3.22. The van der Waals surface area contributed by atoms with Crippen LogP contribution in [0.1, 0.15) is 29.7 Å². The zero-order valence-corrected chi connectivity index (χ0v) is 19.5. The number of hydrogen-bond donors (Lipinski definition) is 0. The lowest BCUT2D eigenvalue weighted by Crippen LogP contribution is -2.39. The summed E-state index contributed by atoms with van der Waals surface area (Å²) in [6, 6.07) is 12.7. The minimum Gasteiger partial charge on any atom is -0.406 e. The summed E-state index contributed by atoms with van der Waals surface area (Å²) in [5.41, 5.74) is 3.38. The van der Waals surface area contributed by atoms with Gasteiger partial charge in [-0.05, 0) is 49.6 Å². The molecule has 0 bridgehead atoms. The first kappa shape index (κ1) is 23.6. The second-order valence-corrected chi connectivity index (χ2v) is 11.1. The molecule has 33 heavy (non-hydrogen) atoms. The van der Waals surface area contributed by atoms with Crippen LogP contribution >= 0.6 is 11.3 Å². The van der Waals surface area contributed by atoms with Crippen molar-refractivity contribution < 1.29 is 26.3 Å². The van der Waals surface area contributed by atoms with Gasteiger partial charge in [0.05, 0.1) is 15.8 Å². The Morgan fingerprint density at radius 2 is 1.70 bits per heavy atom. The topological polar surface area (TPSA) is 59.5 Å². The van der Waals surface area contributed by atoms with E-state index in [4.69, 9.17) is 4.98 Å². The Kier molecular flexibility index (Phi) is 6.67. The number of hydrogen-bond acceptors (Lipinski definition) is 6. The summed E-state index contributed by atoms with van der Waals surface area (Å²) in [7, 11) is -3.65. The number of aryl methyl sites for hydroxylation is 1. The molecular formula is C23H23F3N2O3S2. The summed E-state index contributed by atoms with van der Waals surface area (Å²) in [5.74, 6) is -0.443. The number of benzene rings is 2. The van der Waals surface area contributed by atoms with Crippen LogP contribution in [0.15, 0.2) is 58.8 Å². The van der Waals surface area contributed by atoms with Crippen LogP contribution in [0.5, 0.6) is 5.75 Å². The first-order valence-electron chi connectivity index (χ1n) is 10.4. The van der Waals surface area contributed by atoms with E-state index in [1.54, 1.807) is 11.3 Å². The highest BCUT2D eigenvalue weighted by Crippen LogP contribution is 2.31. The van der Waals surface area contributed by atoms with Gasteiger partial charge in [-0.1, -0.05) is 29.8 Å². The Labute approximate surface area is 194 Å². The predicted octanol–water partition coefficient (Wildman–Crippen LogP) is 5.38. The van der Waals surface area contributed by atoms with Gasteiger partial charge in [0.2, 0.25) is 0 Å². The number of nitrogens with zero attached hydrogens (tertiary/aromatic N) is 2. The summed E-state index contributed by atoms with van der Waals surface area (Å²) < 4.78 is 66.7. The van der Waals surface area contributed by atoms with Gasteiger partial charge in [-0.2, -0.15) is 0 Å². The van der Waals surface area contributed by atoms with Crippen LogP contribution < -0.4 is 9.64 Å². The standard InChI is InChI=1S/C23H23F3N2O3S2/c1-16-2-4-17(5-3-16)14-18-15-32-22(27-18)28-12-10-21(11-13-28)33(29,30)20-8-6-19(7-9-20)31-23(24,25)26/h2-9,15,21H,10-14H2,1H3. The molecule has 0 atom stereocenters. The number of anilines is 1. The first-order valence-corrected chi connectivity index (χ1v) is 12.9. The van der Waals surface area contributed by atoms with Crippen LogP contribution in [0.25, 0.3) is 0 Å². The number of halogens is 3. The number of sulfone groups is 1. The van der Waals surface area contributed by atoms with E-state index in [2.05, 4.69) is 33.9 Å². The molecule has 0 spiro atoms. The van der Waals surface area contributed by atoms with E-state index in [1.165, 1.54) is 23.3 Å². The molecule has 10 heteroatoms. The summed E-state index contributed by atoms with van der Waals surface area (Å²) >= 11 is 1.55. The molecule has 1 fully saturated rings. The molecule has 1 saturated heterocycles. The van der Waals surface area contributed by atoms with E-state index in [0.29, 0.717) is 25.9 Å². The fourth-order valence-corrected chi connectivity index (χ4v) is 6.43. The molecule has 0 unspecified atom stereocenters. The van der Waals surface area contributed by atoms with Crippen LogP contribution in [0.3, 0.4) is 0 Å². The van der Waals surface area contributed by atoms with Crippen LogP contribution in [0.2, 0.25) is 0 Å². The molecule has 2 aromatic carbocycles. The molecule has 1 aromatic heterocycles. The smallest absolute Gasteiger partial charge is 0.406 e. The maximum absolute atomic E-state index is 13.0. The summed E-state index contributed by atoms with van der Waals surface area (Å²) in [4.78, 5) is 6.82. The predicted molar refractivity (Wildman–Crippen MR) is 122 cm³/mol. The first-order chi connectivity index (χ1) is 15.6. The third-order valence-corrected chi connectivity index (χ3v) is 8.81. The normalized spacial score (nSPS) is 15.6.